The van der Waals surface area contributed by atoms with Gasteiger partial charge in [-0.25, -0.2) is 0 Å². The summed E-state index contributed by atoms with van der Waals surface area (Å²) in [7, 11) is -3.97. The molecule has 0 unspecified atom stereocenters. The molecule has 0 heterocycles. The summed E-state index contributed by atoms with van der Waals surface area (Å²) in [4.78, 5) is 12.0. The van der Waals surface area contributed by atoms with Gasteiger partial charge in [0.15, 0.2) is 0 Å². The minimum absolute atomic E-state index is 0.139. The molecule has 0 fully saturated rings. The van der Waals surface area contributed by atoms with Crippen molar-refractivity contribution in [3.05, 3.63) is 0 Å². The highest BCUT2D eigenvalue weighted by atomic mass is 31.1. The first kappa shape index (κ1) is 35.0. The minimum atomic E-state index is -1.37. The topological polar surface area (TPSA) is 36.1 Å². The van der Waals surface area contributed by atoms with Crippen molar-refractivity contribution in [3.8, 4) is 0 Å². The van der Waals surface area contributed by atoms with E-state index in [1.807, 2.05) is 0 Å². The van der Waals surface area contributed by atoms with Crippen LogP contribution in [0, 0.1) is 0 Å². The van der Waals surface area contributed by atoms with Crippen LogP contribution in [0.25, 0.3) is 0 Å². The van der Waals surface area contributed by atoms with Crippen molar-refractivity contribution in [3.63, 3.8) is 0 Å². The Balaban J connectivity index is 4.74. The highest BCUT2D eigenvalue weighted by Crippen LogP contribution is 2.39. The lowest BCUT2D eigenvalue weighted by Crippen LogP contribution is -2.52. The fourth-order valence-electron chi connectivity index (χ4n) is 3.24. The first-order chi connectivity index (χ1) is 15.0. The summed E-state index contributed by atoms with van der Waals surface area (Å²) in [6, 6.07) is 0. The third-order valence-electron chi connectivity index (χ3n) is 9.28. The van der Waals surface area contributed by atoms with Gasteiger partial charge in [-0.05, 0) is 72.5 Å². The van der Waals surface area contributed by atoms with Crippen LogP contribution < -0.4 is 14.9 Å². The Morgan fingerprint density at radius 1 is 0.441 bits per heavy atom. The molecule has 0 atom stereocenters. The second kappa shape index (κ2) is 13.7. The molecule has 0 saturated heterocycles. The van der Waals surface area contributed by atoms with Gasteiger partial charge < -0.3 is 14.9 Å². The molecule has 0 aliphatic carbocycles. The maximum atomic E-state index is 4.00. The molecule has 0 aromatic rings. The molecule has 0 aliphatic heterocycles. The summed E-state index contributed by atoms with van der Waals surface area (Å²) < 4.78 is 0. The van der Waals surface area contributed by atoms with Gasteiger partial charge in [-0.15, -0.1) is 7.92 Å². The van der Waals surface area contributed by atoms with Crippen molar-refractivity contribution in [2.45, 2.75) is 136 Å². The third-order valence-corrected chi connectivity index (χ3v) is 26.8. The zero-order valence-electron chi connectivity index (χ0n) is 26.3. The van der Waals surface area contributed by atoms with E-state index in [9.17, 15) is 0 Å². The molecule has 3 N–H and O–H groups in total. The van der Waals surface area contributed by atoms with Crippen LogP contribution in [0.15, 0.2) is 0 Å². The molecule has 0 saturated carbocycles. The van der Waals surface area contributed by atoms with Crippen LogP contribution in [0.2, 0.25) is 54.4 Å². The fraction of sp³-hybridized carbons (Fsp3) is 1.00. The molecule has 3 nitrogen and oxygen atoms in total. The Morgan fingerprint density at radius 3 is 0.824 bits per heavy atom. The van der Waals surface area contributed by atoms with Crippen molar-refractivity contribution in [1.82, 2.24) is 14.9 Å². The molecular weight excluding hydrogens is 482 g/mol. The van der Waals surface area contributed by atoms with E-state index in [2.05, 4.69) is 117 Å². The van der Waals surface area contributed by atoms with Gasteiger partial charge in [0.05, 0.1) is 0 Å². The fourth-order valence-corrected chi connectivity index (χ4v) is 9.72. The molecule has 34 heavy (non-hydrogen) atoms. The molecule has 0 rings (SSSR count). The Bertz CT molecular complexity index is 492. The Hall–Kier alpha value is 0.961. The van der Waals surface area contributed by atoms with E-state index in [0.717, 1.165) is 0 Å². The van der Waals surface area contributed by atoms with Crippen LogP contribution in [0.1, 0.15) is 81.6 Å². The quantitative estimate of drug-likeness (QED) is 0.109. The van der Waals surface area contributed by atoms with Gasteiger partial charge in [-0.2, -0.15) is 0 Å². The van der Waals surface area contributed by atoms with E-state index >= 15 is 0 Å². The number of rotatable bonds is 15. The summed E-state index contributed by atoms with van der Waals surface area (Å²) in [6.07, 6.45) is 8.38. The summed E-state index contributed by atoms with van der Waals surface area (Å²) in [5.41, 5.74) is 0. The second-order valence-corrected chi connectivity index (χ2v) is 33.3. The normalized spacial score (nSPS) is 14.8. The van der Waals surface area contributed by atoms with Gasteiger partial charge in [0, 0.05) is 0 Å². The van der Waals surface area contributed by atoms with Crippen molar-refractivity contribution < 1.29 is 0 Å². The molecular formula is C27H66N3PSi3. The van der Waals surface area contributed by atoms with Gasteiger partial charge in [-0.3, -0.25) is 0 Å². The monoisotopic (exact) mass is 547 g/mol. The SMILES string of the molecule is CC(C)(C)[Si](C)(C)NCCCP(CCCN[Si](C)(C)C(C)(C)C)CCCN[Si](C)(C)C(C)(C)C. The van der Waals surface area contributed by atoms with E-state index in [4.69, 9.17) is 0 Å². The van der Waals surface area contributed by atoms with Gasteiger partial charge >= 0.3 is 0 Å². The molecule has 0 aromatic heterocycles. The van der Waals surface area contributed by atoms with E-state index in [1.165, 1.54) is 57.4 Å². The average molecular weight is 548 g/mol. The van der Waals surface area contributed by atoms with Crippen LogP contribution >= 0.6 is 7.92 Å². The maximum Gasteiger partial charge on any atom is 0.124 e. The Kier molecular flexibility index (Phi) is 14.1. The maximum absolute atomic E-state index is 4.00. The minimum Gasteiger partial charge on any atom is -0.337 e. The van der Waals surface area contributed by atoms with Gasteiger partial charge in [0.2, 0.25) is 0 Å². The summed E-state index contributed by atoms with van der Waals surface area (Å²) in [5.74, 6) is 0. The molecule has 0 spiro atoms. The third kappa shape index (κ3) is 12.5. The standard InChI is InChI=1S/C27H66N3PSi3/c1-25(2,3)32(10,11)28-19-16-22-31(23-17-20-29-33(12,13)26(4,5)6)24-18-21-30-34(14,15)27(7,8)9/h28-30H,16-24H2,1-15H3. The lowest BCUT2D eigenvalue weighted by atomic mass is 10.2. The molecule has 0 radical (unpaired) electrons. The molecule has 0 amide bonds. The van der Waals surface area contributed by atoms with Crippen LogP contribution in [0.5, 0.6) is 0 Å². The molecule has 206 valence electrons. The molecule has 0 aromatic carbocycles. The predicted octanol–water partition coefficient (Wildman–Crippen LogP) is 8.42. The predicted molar refractivity (Wildman–Crippen MR) is 171 cm³/mol. The number of hydrogen-bond acceptors (Lipinski definition) is 3. The van der Waals surface area contributed by atoms with Crippen molar-refractivity contribution in [2.24, 2.45) is 0 Å². The van der Waals surface area contributed by atoms with Crippen molar-refractivity contribution in [2.75, 3.05) is 38.1 Å². The van der Waals surface area contributed by atoms with Crippen LogP contribution in [0.3, 0.4) is 0 Å². The first-order valence-corrected chi connectivity index (χ1v) is 24.9. The lowest BCUT2D eigenvalue weighted by Gasteiger charge is -2.38. The van der Waals surface area contributed by atoms with Gasteiger partial charge in [0.1, 0.15) is 24.7 Å². The van der Waals surface area contributed by atoms with E-state index in [-0.39, 0.29) is 7.92 Å². The van der Waals surface area contributed by atoms with Crippen molar-refractivity contribution in [1.29, 1.82) is 0 Å². The Labute approximate surface area is 221 Å². The van der Waals surface area contributed by atoms with Gasteiger partial charge in [-0.1, -0.05) is 102 Å². The highest BCUT2D eigenvalue weighted by Gasteiger charge is 2.36. The average Bonchev–Trinajstić information content (AvgIpc) is 2.62. The van der Waals surface area contributed by atoms with Crippen LogP contribution in [0.4, 0.5) is 0 Å². The summed E-state index contributed by atoms with van der Waals surface area (Å²) in [6.45, 7) is 40.3. The van der Waals surface area contributed by atoms with Crippen LogP contribution in [-0.4, -0.2) is 62.8 Å². The Morgan fingerprint density at radius 2 is 0.647 bits per heavy atom. The first-order valence-electron chi connectivity index (χ1n) is 14.0. The number of nitrogens with one attached hydrogen (secondary N) is 3. The van der Waals surface area contributed by atoms with E-state index < -0.39 is 24.7 Å². The highest BCUT2D eigenvalue weighted by molar-refractivity contribution is 7.57. The summed E-state index contributed by atoms with van der Waals surface area (Å²) in [5, 5.41) is 1.26. The van der Waals surface area contributed by atoms with Crippen LogP contribution in [-0.2, 0) is 0 Å². The van der Waals surface area contributed by atoms with Gasteiger partial charge in [0.25, 0.3) is 0 Å². The number of hydrogen-bond donors (Lipinski definition) is 3. The molecule has 7 heteroatoms. The molecule has 0 bridgehead atoms. The zero-order valence-corrected chi connectivity index (χ0v) is 30.2. The smallest absolute Gasteiger partial charge is 0.124 e. The zero-order chi connectivity index (χ0) is 27.1. The van der Waals surface area contributed by atoms with Crippen molar-refractivity contribution >= 4 is 32.6 Å². The van der Waals surface area contributed by atoms with E-state index in [1.54, 1.807) is 0 Å². The van der Waals surface area contributed by atoms with E-state index in [0.29, 0.717) is 15.1 Å². The molecule has 0 aliphatic rings. The largest absolute Gasteiger partial charge is 0.337 e. The second-order valence-electron chi connectivity index (χ2n) is 15.3. The lowest BCUT2D eigenvalue weighted by molar-refractivity contribution is 0.676. The summed E-state index contributed by atoms with van der Waals surface area (Å²) >= 11 is 0.